The lowest BCUT2D eigenvalue weighted by molar-refractivity contribution is -0.132. The van der Waals surface area contributed by atoms with Crippen LogP contribution in [0.3, 0.4) is 0 Å². The molecule has 0 aliphatic carbocycles. The summed E-state index contributed by atoms with van der Waals surface area (Å²) in [5, 5.41) is 22.7. The maximum atomic E-state index is 12.5. The third kappa shape index (κ3) is 6.41. The molecule has 3 N–H and O–H groups in total. The van der Waals surface area contributed by atoms with Crippen molar-refractivity contribution in [1.29, 1.82) is 0 Å². The molecule has 1 saturated heterocycles. The number of amides is 2. The van der Waals surface area contributed by atoms with Crippen LogP contribution in [0.15, 0.2) is 58.7 Å². The Morgan fingerprint density at radius 1 is 1.31 bits per heavy atom. The number of thiophene rings is 1. The number of nitrogens with one attached hydrogen (secondary N) is 1. The second kappa shape index (κ2) is 10.2. The standard InChI is InChI=1S/C19H18N2O5S3/c1-11(9-14(22)12(2)18(25)26)20-16(23)6-3-7-21-17(24)15(29-19(21)27)10-13-5-4-8-28-13/h4-5,8-10,22H,1-3,6-7H2,(H,20,23)(H,25,26)/b14-9+,15-10+. The Morgan fingerprint density at radius 2 is 2.03 bits per heavy atom. The minimum Gasteiger partial charge on any atom is -0.507 e. The summed E-state index contributed by atoms with van der Waals surface area (Å²) in [5.74, 6) is -2.55. The van der Waals surface area contributed by atoms with Crippen LogP contribution in [0.5, 0.6) is 0 Å². The summed E-state index contributed by atoms with van der Waals surface area (Å²) in [6.45, 7) is 7.03. The van der Waals surface area contributed by atoms with E-state index >= 15 is 0 Å². The van der Waals surface area contributed by atoms with Crippen LogP contribution in [0.4, 0.5) is 0 Å². The van der Waals surface area contributed by atoms with Crippen molar-refractivity contribution >= 4 is 63.5 Å². The number of aliphatic hydroxyl groups excluding tert-OH is 1. The molecule has 1 aromatic rings. The lowest BCUT2D eigenvalue weighted by Crippen LogP contribution is -2.30. The van der Waals surface area contributed by atoms with Gasteiger partial charge in [0.05, 0.1) is 10.5 Å². The number of nitrogens with zero attached hydrogens (tertiary/aromatic N) is 1. The molecule has 0 bridgehead atoms. The van der Waals surface area contributed by atoms with Crippen LogP contribution in [-0.2, 0) is 14.4 Å². The molecule has 0 radical (unpaired) electrons. The number of hydrogen-bond donors (Lipinski definition) is 3. The van der Waals surface area contributed by atoms with E-state index < -0.39 is 17.3 Å². The van der Waals surface area contributed by atoms with E-state index in [-0.39, 0.29) is 23.9 Å². The number of carboxylic acids is 1. The Kier molecular flexibility index (Phi) is 7.94. The van der Waals surface area contributed by atoms with Crippen molar-refractivity contribution in [3.8, 4) is 0 Å². The van der Waals surface area contributed by atoms with Crippen molar-refractivity contribution in [2.24, 2.45) is 0 Å². The number of rotatable bonds is 9. The molecule has 152 valence electrons. The van der Waals surface area contributed by atoms with Gasteiger partial charge in [-0.1, -0.05) is 43.2 Å². The van der Waals surface area contributed by atoms with Gasteiger partial charge in [0.25, 0.3) is 5.91 Å². The van der Waals surface area contributed by atoms with Crippen molar-refractivity contribution in [3.63, 3.8) is 0 Å². The fourth-order valence-corrected chi connectivity index (χ4v) is 4.26. The Morgan fingerprint density at radius 3 is 2.66 bits per heavy atom. The highest BCUT2D eigenvalue weighted by molar-refractivity contribution is 8.26. The van der Waals surface area contributed by atoms with Crippen LogP contribution in [-0.4, -0.2) is 43.8 Å². The van der Waals surface area contributed by atoms with Gasteiger partial charge in [0.15, 0.2) is 0 Å². The second-order valence-corrected chi connectivity index (χ2v) is 8.49. The zero-order valence-electron chi connectivity index (χ0n) is 15.2. The van der Waals surface area contributed by atoms with E-state index in [2.05, 4.69) is 18.5 Å². The van der Waals surface area contributed by atoms with E-state index in [1.54, 1.807) is 6.08 Å². The molecule has 1 fully saturated rings. The van der Waals surface area contributed by atoms with Gasteiger partial charge in [-0.05, 0) is 23.9 Å². The highest BCUT2D eigenvalue weighted by Crippen LogP contribution is 2.33. The van der Waals surface area contributed by atoms with Crippen LogP contribution in [0, 0.1) is 0 Å². The fraction of sp³-hybridized carbons (Fsp3) is 0.158. The van der Waals surface area contributed by atoms with Crippen LogP contribution in [0.2, 0.25) is 0 Å². The monoisotopic (exact) mass is 450 g/mol. The predicted octanol–water partition coefficient (Wildman–Crippen LogP) is 3.44. The second-order valence-electron chi connectivity index (χ2n) is 5.84. The number of aliphatic hydroxyl groups is 1. The number of carboxylic acid groups (broad SMARTS) is 1. The first-order chi connectivity index (χ1) is 13.7. The number of aliphatic carboxylic acids is 1. The molecule has 0 saturated carbocycles. The van der Waals surface area contributed by atoms with Crippen molar-refractivity contribution in [2.45, 2.75) is 12.8 Å². The molecule has 0 spiro atoms. The van der Waals surface area contributed by atoms with Crippen molar-refractivity contribution < 1.29 is 24.6 Å². The summed E-state index contributed by atoms with van der Waals surface area (Å²) in [4.78, 5) is 38.1. The van der Waals surface area contributed by atoms with Gasteiger partial charge in [0.2, 0.25) is 5.91 Å². The lowest BCUT2D eigenvalue weighted by atomic mass is 10.2. The van der Waals surface area contributed by atoms with Crippen molar-refractivity contribution in [2.75, 3.05) is 6.54 Å². The maximum Gasteiger partial charge on any atom is 0.338 e. The van der Waals surface area contributed by atoms with E-state index in [4.69, 9.17) is 17.3 Å². The number of carbonyl (C=O) groups is 3. The highest BCUT2D eigenvalue weighted by atomic mass is 32.2. The van der Waals surface area contributed by atoms with Gasteiger partial charge in [-0.15, -0.1) is 11.3 Å². The quantitative estimate of drug-likeness (QED) is 0.229. The zero-order valence-corrected chi connectivity index (χ0v) is 17.7. The van der Waals surface area contributed by atoms with Crippen LogP contribution in [0.1, 0.15) is 17.7 Å². The normalized spacial score (nSPS) is 15.7. The number of thiocarbonyl (C=S) groups is 1. The third-order valence-electron chi connectivity index (χ3n) is 3.65. The highest BCUT2D eigenvalue weighted by Gasteiger charge is 2.31. The molecule has 29 heavy (non-hydrogen) atoms. The average Bonchev–Trinajstić information content (AvgIpc) is 3.24. The van der Waals surface area contributed by atoms with Crippen LogP contribution in [0.25, 0.3) is 6.08 Å². The molecular weight excluding hydrogens is 432 g/mol. The van der Waals surface area contributed by atoms with E-state index in [1.165, 1.54) is 28.0 Å². The summed E-state index contributed by atoms with van der Waals surface area (Å²) in [5.41, 5.74) is -0.482. The maximum absolute atomic E-state index is 12.5. The molecule has 2 heterocycles. The molecule has 1 aromatic heterocycles. The van der Waals surface area contributed by atoms with E-state index in [0.717, 1.165) is 11.0 Å². The van der Waals surface area contributed by atoms with Gasteiger partial charge in [0, 0.05) is 29.6 Å². The smallest absolute Gasteiger partial charge is 0.338 e. The Hall–Kier alpha value is -2.69. The minimum absolute atomic E-state index is 0.0272. The molecule has 0 atom stereocenters. The van der Waals surface area contributed by atoms with Crippen LogP contribution < -0.4 is 5.32 Å². The molecule has 7 nitrogen and oxygen atoms in total. The average molecular weight is 451 g/mol. The minimum atomic E-state index is -1.38. The van der Waals surface area contributed by atoms with Crippen molar-refractivity contribution in [3.05, 3.63) is 63.6 Å². The third-order valence-corrected chi connectivity index (χ3v) is 5.85. The summed E-state index contributed by atoms with van der Waals surface area (Å²) in [6.07, 6.45) is 3.26. The number of hydrogen-bond acceptors (Lipinski definition) is 7. The summed E-state index contributed by atoms with van der Waals surface area (Å²) >= 11 is 8.01. The van der Waals surface area contributed by atoms with Crippen molar-refractivity contribution in [1.82, 2.24) is 10.2 Å². The zero-order chi connectivity index (χ0) is 21.6. The van der Waals surface area contributed by atoms with E-state index in [9.17, 15) is 19.5 Å². The largest absolute Gasteiger partial charge is 0.507 e. The Labute approximate surface area is 181 Å². The SMILES string of the molecule is C=C(/C=C(/O)C(=C)C(=O)O)NC(=O)CCCN1C(=O)/C(=C\c2cccs2)SC1=S. The molecular formula is C19H18N2O5S3. The number of thioether (sulfide) groups is 1. The first-order valence-electron chi connectivity index (χ1n) is 8.30. The summed E-state index contributed by atoms with van der Waals surface area (Å²) < 4.78 is 0.447. The van der Waals surface area contributed by atoms with Gasteiger partial charge in [-0.2, -0.15) is 0 Å². The molecule has 2 amide bonds. The Bertz CT molecular complexity index is 932. The van der Waals surface area contributed by atoms with E-state index in [1.807, 2.05) is 17.5 Å². The van der Waals surface area contributed by atoms with Gasteiger partial charge < -0.3 is 15.5 Å². The Balaban J connectivity index is 1.82. The molecule has 10 heteroatoms. The molecule has 1 aliphatic rings. The van der Waals surface area contributed by atoms with Gasteiger partial charge in [-0.25, -0.2) is 4.79 Å². The lowest BCUT2D eigenvalue weighted by Gasteiger charge is -2.14. The first kappa shape index (κ1) is 22.6. The number of allylic oxidation sites excluding steroid dienone is 1. The summed E-state index contributed by atoms with van der Waals surface area (Å²) in [7, 11) is 0. The summed E-state index contributed by atoms with van der Waals surface area (Å²) in [6, 6.07) is 3.81. The van der Waals surface area contributed by atoms with Crippen LogP contribution >= 0.6 is 35.3 Å². The molecule has 1 aliphatic heterocycles. The topological polar surface area (TPSA) is 107 Å². The van der Waals surface area contributed by atoms with Gasteiger partial charge in [0.1, 0.15) is 10.1 Å². The molecule has 0 unspecified atom stereocenters. The van der Waals surface area contributed by atoms with E-state index in [0.29, 0.717) is 22.2 Å². The first-order valence-corrected chi connectivity index (χ1v) is 10.4. The number of carbonyl (C=O) groups excluding carboxylic acids is 2. The van der Waals surface area contributed by atoms with Gasteiger partial charge >= 0.3 is 5.97 Å². The molecule has 2 rings (SSSR count). The fourth-order valence-electron chi connectivity index (χ4n) is 2.23. The van der Waals surface area contributed by atoms with Gasteiger partial charge in [-0.3, -0.25) is 14.5 Å². The molecule has 0 aromatic carbocycles. The predicted molar refractivity (Wildman–Crippen MR) is 118 cm³/mol.